The van der Waals surface area contributed by atoms with Crippen LogP contribution in [0.2, 0.25) is 0 Å². The molecule has 0 aliphatic carbocycles. The van der Waals surface area contributed by atoms with Gasteiger partial charge < -0.3 is 20.1 Å². The first kappa shape index (κ1) is 16.3. The van der Waals surface area contributed by atoms with Gasteiger partial charge in [-0.05, 0) is 49.9 Å². The van der Waals surface area contributed by atoms with Crippen molar-refractivity contribution in [2.75, 3.05) is 26.7 Å². The Balaban J connectivity index is 1.91. The zero-order chi connectivity index (χ0) is 16.2. The summed E-state index contributed by atoms with van der Waals surface area (Å²) in [5, 5.41) is 6.19. The van der Waals surface area contributed by atoms with Crippen LogP contribution in [-0.2, 0) is 16.0 Å². The molecular weight excluding hydrogens is 292 g/mol. The molecule has 1 aromatic carbocycles. The van der Waals surface area contributed by atoms with Crippen LogP contribution in [-0.4, -0.2) is 39.3 Å². The molecule has 1 saturated heterocycles. The summed E-state index contributed by atoms with van der Waals surface area (Å²) in [5.74, 6) is 1.54. The second-order valence-electron chi connectivity index (χ2n) is 6.46. The fourth-order valence-corrected chi connectivity index (χ4v) is 3.90. The fourth-order valence-electron chi connectivity index (χ4n) is 3.90. The molecule has 0 bridgehead atoms. The van der Waals surface area contributed by atoms with Crippen LogP contribution >= 0.6 is 0 Å². The first-order valence-electron chi connectivity index (χ1n) is 8.44. The molecule has 2 atom stereocenters. The van der Waals surface area contributed by atoms with E-state index in [2.05, 4.69) is 29.7 Å². The van der Waals surface area contributed by atoms with E-state index in [1.165, 1.54) is 5.56 Å². The Morgan fingerprint density at radius 3 is 2.87 bits per heavy atom. The van der Waals surface area contributed by atoms with Crippen LogP contribution in [0.5, 0.6) is 5.75 Å². The molecule has 0 radical (unpaired) electrons. The van der Waals surface area contributed by atoms with Gasteiger partial charge in [0.1, 0.15) is 11.9 Å². The van der Waals surface area contributed by atoms with E-state index in [-0.39, 0.29) is 12.2 Å². The van der Waals surface area contributed by atoms with Crippen molar-refractivity contribution in [1.82, 2.24) is 10.6 Å². The number of rotatable bonds is 5. The van der Waals surface area contributed by atoms with Gasteiger partial charge in [-0.1, -0.05) is 12.1 Å². The van der Waals surface area contributed by atoms with E-state index >= 15 is 0 Å². The van der Waals surface area contributed by atoms with Crippen LogP contribution in [0, 0.1) is 12.8 Å². The molecule has 2 aliphatic rings. The summed E-state index contributed by atoms with van der Waals surface area (Å²) in [6, 6.07) is 4.18. The highest BCUT2D eigenvalue weighted by Gasteiger charge is 2.34. The van der Waals surface area contributed by atoms with E-state index in [9.17, 15) is 4.79 Å². The van der Waals surface area contributed by atoms with Crippen LogP contribution in [0.4, 0.5) is 0 Å². The molecule has 0 spiro atoms. The summed E-state index contributed by atoms with van der Waals surface area (Å²) in [6.07, 6.45) is 4.01. The molecule has 23 heavy (non-hydrogen) atoms. The van der Waals surface area contributed by atoms with Crippen LogP contribution in [0.1, 0.15) is 35.6 Å². The molecule has 2 N–H and O–H groups in total. The summed E-state index contributed by atoms with van der Waals surface area (Å²) < 4.78 is 12.1. The lowest BCUT2D eigenvalue weighted by atomic mass is 9.83. The van der Waals surface area contributed by atoms with Crippen molar-refractivity contribution in [1.29, 1.82) is 0 Å². The van der Waals surface area contributed by atoms with Gasteiger partial charge in [0.15, 0.2) is 0 Å². The Bertz CT molecular complexity index is 555. The first-order valence-corrected chi connectivity index (χ1v) is 8.44. The van der Waals surface area contributed by atoms with Crippen LogP contribution in [0.3, 0.4) is 0 Å². The molecule has 0 saturated carbocycles. The van der Waals surface area contributed by atoms with E-state index in [1.54, 1.807) is 7.11 Å². The molecule has 0 unspecified atom stereocenters. The van der Waals surface area contributed by atoms with Gasteiger partial charge in [-0.3, -0.25) is 4.79 Å². The Hall–Kier alpha value is -1.59. The number of methoxy groups -OCH3 is 1. The van der Waals surface area contributed by atoms with Gasteiger partial charge in [-0.25, -0.2) is 0 Å². The number of amides is 1. The monoisotopic (exact) mass is 318 g/mol. The number of hydrogen-bond acceptors (Lipinski definition) is 4. The van der Waals surface area contributed by atoms with Gasteiger partial charge >= 0.3 is 0 Å². The van der Waals surface area contributed by atoms with Gasteiger partial charge in [0.05, 0.1) is 13.2 Å². The molecule has 0 aromatic heterocycles. The maximum absolute atomic E-state index is 10.7. The zero-order valence-corrected chi connectivity index (χ0v) is 13.9. The van der Waals surface area contributed by atoms with E-state index in [1.807, 2.05) is 0 Å². The normalized spacial score (nSPS) is 24.8. The second-order valence-corrected chi connectivity index (χ2v) is 6.46. The highest BCUT2D eigenvalue weighted by molar-refractivity contribution is 5.50. The van der Waals surface area contributed by atoms with Gasteiger partial charge in [-0.15, -0.1) is 0 Å². The molecule has 1 aromatic rings. The van der Waals surface area contributed by atoms with Crippen molar-refractivity contribution in [3.63, 3.8) is 0 Å². The van der Waals surface area contributed by atoms with E-state index in [0.717, 1.165) is 55.6 Å². The largest absolute Gasteiger partial charge is 0.496 e. The van der Waals surface area contributed by atoms with E-state index in [4.69, 9.17) is 9.47 Å². The van der Waals surface area contributed by atoms with Crippen molar-refractivity contribution < 1.29 is 14.3 Å². The highest BCUT2D eigenvalue weighted by atomic mass is 16.5. The van der Waals surface area contributed by atoms with E-state index in [0.29, 0.717) is 12.5 Å². The minimum Gasteiger partial charge on any atom is -0.496 e. The minimum absolute atomic E-state index is 0.0988. The Kier molecular flexibility index (Phi) is 5.18. The van der Waals surface area contributed by atoms with Gasteiger partial charge in [-0.2, -0.15) is 0 Å². The predicted octanol–water partition coefficient (Wildman–Crippen LogP) is 1.73. The van der Waals surface area contributed by atoms with E-state index < -0.39 is 0 Å². The fraction of sp³-hybridized carbons (Fsp3) is 0.611. The summed E-state index contributed by atoms with van der Waals surface area (Å²) in [7, 11) is 1.73. The van der Waals surface area contributed by atoms with Gasteiger partial charge in [0, 0.05) is 18.5 Å². The number of hydrogen-bond donors (Lipinski definition) is 2. The summed E-state index contributed by atoms with van der Waals surface area (Å²) >= 11 is 0. The predicted molar refractivity (Wildman–Crippen MR) is 88.7 cm³/mol. The van der Waals surface area contributed by atoms with Crippen LogP contribution in [0.25, 0.3) is 0 Å². The molecule has 1 fully saturated rings. The molecule has 3 rings (SSSR count). The minimum atomic E-state index is -0.0988. The Labute approximate surface area is 137 Å². The second kappa shape index (κ2) is 7.32. The third-order valence-electron chi connectivity index (χ3n) is 5.09. The smallest absolute Gasteiger partial charge is 0.207 e. The Morgan fingerprint density at radius 2 is 2.17 bits per heavy atom. The molecule has 2 heterocycles. The SMILES string of the molecule is COc1c(C)ccc2c1C[C@@H](C1CCNCC1)O[C@H]2CNC=O. The molecule has 126 valence electrons. The average Bonchev–Trinajstić information content (AvgIpc) is 2.60. The quantitative estimate of drug-likeness (QED) is 0.812. The first-order chi connectivity index (χ1) is 11.2. The van der Waals surface area contributed by atoms with Gasteiger partial charge in [0.2, 0.25) is 6.41 Å². The number of piperidine rings is 1. The third kappa shape index (κ3) is 3.35. The molecule has 5 heteroatoms. The molecule has 1 amide bonds. The number of ether oxygens (including phenoxy) is 2. The zero-order valence-electron chi connectivity index (χ0n) is 13.9. The molecule has 2 aliphatic heterocycles. The summed E-state index contributed by atoms with van der Waals surface area (Å²) in [4.78, 5) is 10.7. The number of carbonyl (C=O) groups excluding carboxylic acids is 1. The van der Waals surface area contributed by atoms with Crippen LogP contribution < -0.4 is 15.4 Å². The number of carbonyl (C=O) groups is 1. The summed E-state index contributed by atoms with van der Waals surface area (Å²) in [6.45, 7) is 4.69. The number of aryl methyl sites for hydroxylation is 1. The summed E-state index contributed by atoms with van der Waals surface area (Å²) in [5.41, 5.74) is 3.55. The third-order valence-corrected chi connectivity index (χ3v) is 5.09. The van der Waals surface area contributed by atoms with Crippen molar-refractivity contribution in [2.24, 2.45) is 5.92 Å². The lowest BCUT2D eigenvalue weighted by molar-refractivity contribution is -0.111. The Morgan fingerprint density at radius 1 is 1.39 bits per heavy atom. The van der Waals surface area contributed by atoms with Crippen molar-refractivity contribution >= 4 is 6.41 Å². The van der Waals surface area contributed by atoms with Crippen molar-refractivity contribution in [3.05, 3.63) is 28.8 Å². The number of benzene rings is 1. The molecule has 5 nitrogen and oxygen atoms in total. The highest BCUT2D eigenvalue weighted by Crippen LogP contribution is 2.40. The standard InChI is InChI=1S/C18H26N2O3/c1-12-3-4-14-15(18(12)22-2)9-16(13-5-7-19-8-6-13)23-17(14)10-20-11-21/h3-4,11,13,16-17,19H,5-10H2,1-2H3,(H,20,21)/t16-,17-/m0/s1. The topological polar surface area (TPSA) is 59.6 Å². The number of nitrogens with one attached hydrogen (secondary N) is 2. The van der Waals surface area contributed by atoms with Crippen molar-refractivity contribution in [3.8, 4) is 5.75 Å². The maximum atomic E-state index is 10.7. The molecular formula is C18H26N2O3. The average molecular weight is 318 g/mol. The van der Waals surface area contributed by atoms with Gasteiger partial charge in [0.25, 0.3) is 0 Å². The lowest BCUT2D eigenvalue weighted by Crippen LogP contribution is -2.41. The lowest BCUT2D eigenvalue weighted by Gasteiger charge is -2.39. The maximum Gasteiger partial charge on any atom is 0.207 e. The number of fused-ring (bicyclic) bond motifs is 1. The van der Waals surface area contributed by atoms with Crippen LogP contribution in [0.15, 0.2) is 12.1 Å². The van der Waals surface area contributed by atoms with Crippen molar-refractivity contribution in [2.45, 2.75) is 38.4 Å².